The molecule has 3 rings (SSSR count). The van der Waals surface area contributed by atoms with Crippen molar-refractivity contribution in [3.8, 4) is 17.0 Å². The van der Waals surface area contributed by atoms with Gasteiger partial charge in [0.05, 0.1) is 12.8 Å². The predicted molar refractivity (Wildman–Crippen MR) is 124 cm³/mol. The van der Waals surface area contributed by atoms with Crippen LogP contribution >= 0.6 is 0 Å². The number of aromatic amines is 1. The molecule has 8 nitrogen and oxygen atoms in total. The number of hydrogen-bond donors (Lipinski definition) is 4. The van der Waals surface area contributed by atoms with Crippen LogP contribution in [0.25, 0.3) is 11.3 Å². The van der Waals surface area contributed by atoms with Crippen LogP contribution in [0.15, 0.2) is 48.5 Å². The third kappa shape index (κ3) is 6.31. The molecule has 0 saturated heterocycles. The number of aryl methyl sites for hydroxylation is 1. The Balaban J connectivity index is 1.60. The number of rotatable bonds is 8. The summed E-state index contributed by atoms with van der Waals surface area (Å²) in [5.41, 5.74) is 3.36. The van der Waals surface area contributed by atoms with Crippen LogP contribution in [0.4, 0.5) is 15.0 Å². The Labute approximate surface area is 191 Å². The molecule has 0 fully saturated rings. The van der Waals surface area contributed by atoms with E-state index < -0.39 is 12.1 Å². The number of ether oxygens (including phenoxy) is 1. The number of amides is 3. The average molecular weight is 454 g/mol. The number of carbonyl (C=O) groups excluding carboxylic acids is 2. The van der Waals surface area contributed by atoms with Crippen molar-refractivity contribution < 1.29 is 18.7 Å². The highest BCUT2D eigenvalue weighted by molar-refractivity contribution is 5.96. The Bertz CT molecular complexity index is 1110. The number of halogens is 1. The highest BCUT2D eigenvalue weighted by atomic mass is 19.1. The van der Waals surface area contributed by atoms with Gasteiger partial charge in [0.25, 0.3) is 0 Å². The van der Waals surface area contributed by atoms with E-state index in [4.69, 9.17) is 4.74 Å². The van der Waals surface area contributed by atoms with E-state index in [2.05, 4.69) is 26.1 Å². The summed E-state index contributed by atoms with van der Waals surface area (Å²) >= 11 is 0. The molecule has 1 aromatic heterocycles. The summed E-state index contributed by atoms with van der Waals surface area (Å²) in [6.07, 6.45) is 0. The third-order valence-electron chi connectivity index (χ3n) is 5.14. The molecule has 0 radical (unpaired) electrons. The predicted octanol–water partition coefficient (Wildman–Crippen LogP) is 4.00. The maximum Gasteiger partial charge on any atom is 0.315 e. The molecule has 1 unspecified atom stereocenters. The first-order chi connectivity index (χ1) is 15.8. The van der Waals surface area contributed by atoms with Gasteiger partial charge in [-0.25, -0.2) is 9.18 Å². The van der Waals surface area contributed by atoms with Crippen molar-refractivity contribution in [1.82, 2.24) is 20.8 Å². The number of urea groups is 1. The average Bonchev–Trinajstić information content (AvgIpc) is 3.25. The summed E-state index contributed by atoms with van der Waals surface area (Å²) in [6, 6.07) is 12.0. The van der Waals surface area contributed by atoms with Gasteiger partial charge in [-0.3, -0.25) is 9.89 Å². The van der Waals surface area contributed by atoms with E-state index in [1.165, 1.54) is 12.1 Å². The van der Waals surface area contributed by atoms with E-state index in [1.807, 2.05) is 39.0 Å². The van der Waals surface area contributed by atoms with E-state index >= 15 is 0 Å². The molecule has 1 heterocycles. The van der Waals surface area contributed by atoms with Crippen LogP contribution in [0.3, 0.4) is 0 Å². The van der Waals surface area contributed by atoms with Crippen molar-refractivity contribution in [1.29, 1.82) is 0 Å². The van der Waals surface area contributed by atoms with Crippen LogP contribution in [-0.2, 0) is 11.3 Å². The first kappa shape index (κ1) is 23.8. The van der Waals surface area contributed by atoms with Crippen molar-refractivity contribution in [3.63, 3.8) is 0 Å². The van der Waals surface area contributed by atoms with Gasteiger partial charge in [0.2, 0.25) is 5.91 Å². The first-order valence-corrected chi connectivity index (χ1v) is 10.6. The Morgan fingerprint density at radius 3 is 2.48 bits per heavy atom. The molecule has 0 saturated carbocycles. The number of methoxy groups -OCH3 is 1. The maximum atomic E-state index is 13.0. The fourth-order valence-corrected chi connectivity index (χ4v) is 3.30. The van der Waals surface area contributed by atoms with Crippen LogP contribution in [0.1, 0.15) is 25.0 Å². The quantitative estimate of drug-likeness (QED) is 0.413. The van der Waals surface area contributed by atoms with Crippen LogP contribution in [0.2, 0.25) is 0 Å². The fraction of sp³-hybridized carbons (Fsp3) is 0.292. The number of benzene rings is 2. The topological polar surface area (TPSA) is 108 Å². The van der Waals surface area contributed by atoms with Gasteiger partial charge >= 0.3 is 6.03 Å². The van der Waals surface area contributed by atoms with E-state index in [0.29, 0.717) is 5.82 Å². The van der Waals surface area contributed by atoms with Crippen LogP contribution in [0, 0.1) is 18.7 Å². The summed E-state index contributed by atoms with van der Waals surface area (Å²) < 4.78 is 18.3. The highest BCUT2D eigenvalue weighted by Crippen LogP contribution is 2.26. The van der Waals surface area contributed by atoms with Gasteiger partial charge in [-0.05, 0) is 54.3 Å². The number of carbonyl (C=O) groups is 2. The van der Waals surface area contributed by atoms with Gasteiger partial charge in [-0.2, -0.15) is 5.10 Å². The van der Waals surface area contributed by atoms with Crippen LogP contribution in [-0.4, -0.2) is 35.3 Å². The van der Waals surface area contributed by atoms with Crippen molar-refractivity contribution in [3.05, 3.63) is 65.5 Å². The summed E-state index contributed by atoms with van der Waals surface area (Å²) in [6.45, 7) is 5.82. The van der Waals surface area contributed by atoms with E-state index in [1.54, 1.807) is 25.3 Å². The maximum absolute atomic E-state index is 13.0. The van der Waals surface area contributed by atoms with Crippen molar-refractivity contribution in [2.75, 3.05) is 12.4 Å². The number of nitrogens with zero attached hydrogens (tertiary/aromatic N) is 1. The molecule has 0 spiro atoms. The molecule has 1 atom stereocenters. The monoisotopic (exact) mass is 453 g/mol. The Morgan fingerprint density at radius 2 is 1.85 bits per heavy atom. The zero-order valence-corrected chi connectivity index (χ0v) is 19.0. The van der Waals surface area contributed by atoms with Gasteiger partial charge in [0, 0.05) is 18.2 Å². The lowest BCUT2D eigenvalue weighted by atomic mass is 10.0. The minimum absolute atomic E-state index is 0.163. The second-order valence-electron chi connectivity index (χ2n) is 8.02. The molecule has 4 N–H and O–H groups in total. The second kappa shape index (κ2) is 10.6. The van der Waals surface area contributed by atoms with Crippen molar-refractivity contribution in [2.45, 2.75) is 33.4 Å². The summed E-state index contributed by atoms with van der Waals surface area (Å²) in [7, 11) is 1.62. The highest BCUT2D eigenvalue weighted by Gasteiger charge is 2.25. The molecule has 9 heteroatoms. The number of nitrogens with one attached hydrogen (secondary N) is 4. The molecule has 3 aromatic rings. The molecule has 0 aliphatic heterocycles. The molecule has 0 aliphatic carbocycles. The molecule has 2 aromatic carbocycles. The van der Waals surface area contributed by atoms with Gasteiger partial charge in [0.15, 0.2) is 5.82 Å². The SMILES string of the molecule is COc1ccc(-c2cc(NC(=O)C(NC(=O)NCc3ccc(F)cc3)C(C)C)n[nH]2)cc1C. The molecular formula is C24H28FN5O3. The lowest BCUT2D eigenvalue weighted by molar-refractivity contribution is -0.118. The summed E-state index contributed by atoms with van der Waals surface area (Å²) in [5.74, 6) is 0.247. The van der Waals surface area contributed by atoms with Crippen LogP contribution in [0.5, 0.6) is 5.75 Å². The Kier molecular flexibility index (Phi) is 7.66. The largest absolute Gasteiger partial charge is 0.496 e. The third-order valence-corrected chi connectivity index (χ3v) is 5.14. The van der Waals surface area contributed by atoms with Crippen molar-refractivity contribution in [2.24, 2.45) is 5.92 Å². The molecule has 174 valence electrons. The van der Waals surface area contributed by atoms with Gasteiger partial charge in [-0.15, -0.1) is 0 Å². The zero-order chi connectivity index (χ0) is 24.0. The second-order valence-corrected chi connectivity index (χ2v) is 8.02. The van der Waals surface area contributed by atoms with Crippen molar-refractivity contribution >= 4 is 17.8 Å². The number of aromatic nitrogens is 2. The molecule has 0 aliphatic rings. The number of anilines is 1. The van der Waals surface area contributed by atoms with Gasteiger partial charge in [0.1, 0.15) is 17.6 Å². The minimum atomic E-state index is -0.776. The lowest BCUT2D eigenvalue weighted by Crippen LogP contribution is -2.50. The lowest BCUT2D eigenvalue weighted by Gasteiger charge is -2.21. The molecular weight excluding hydrogens is 425 g/mol. The fourth-order valence-electron chi connectivity index (χ4n) is 3.30. The molecule has 0 bridgehead atoms. The van der Waals surface area contributed by atoms with E-state index in [0.717, 1.165) is 28.1 Å². The number of H-pyrrole nitrogens is 1. The van der Waals surface area contributed by atoms with Gasteiger partial charge in [-0.1, -0.05) is 26.0 Å². The number of hydrogen-bond acceptors (Lipinski definition) is 4. The Morgan fingerprint density at radius 1 is 1.12 bits per heavy atom. The smallest absolute Gasteiger partial charge is 0.315 e. The van der Waals surface area contributed by atoms with Gasteiger partial charge < -0.3 is 20.7 Å². The summed E-state index contributed by atoms with van der Waals surface area (Å²) in [5, 5.41) is 15.2. The van der Waals surface area contributed by atoms with Crippen LogP contribution < -0.4 is 20.7 Å². The standard InChI is InChI=1S/C24H28FN5O3/c1-14(2)22(28-24(32)26-13-16-5-8-18(25)9-6-16)23(31)27-21-12-19(29-30-21)17-7-10-20(33-4)15(3)11-17/h5-12,14,22H,13H2,1-4H3,(H2,26,28,32)(H2,27,29,30,31). The zero-order valence-electron chi connectivity index (χ0n) is 19.0. The van der Waals surface area contributed by atoms with E-state index in [9.17, 15) is 14.0 Å². The first-order valence-electron chi connectivity index (χ1n) is 10.6. The Hall–Kier alpha value is -3.88. The molecule has 33 heavy (non-hydrogen) atoms. The normalized spacial score (nSPS) is 11.7. The van der Waals surface area contributed by atoms with E-state index in [-0.39, 0.29) is 24.2 Å². The minimum Gasteiger partial charge on any atom is -0.496 e. The summed E-state index contributed by atoms with van der Waals surface area (Å²) in [4.78, 5) is 25.1. The molecule has 3 amide bonds.